The van der Waals surface area contributed by atoms with Gasteiger partial charge in [-0.1, -0.05) is 51.3 Å². The Labute approximate surface area is 235 Å². The molecule has 4 nitrogen and oxygen atoms in total. The van der Waals surface area contributed by atoms with E-state index in [0.717, 1.165) is 55.2 Å². The minimum atomic E-state index is -0.882. The third-order valence-electron chi connectivity index (χ3n) is 8.72. The van der Waals surface area contributed by atoms with E-state index in [1.807, 2.05) is 12.1 Å². The van der Waals surface area contributed by atoms with Crippen molar-refractivity contribution in [2.75, 3.05) is 7.11 Å². The summed E-state index contributed by atoms with van der Waals surface area (Å²) in [4.78, 5) is 11.5. The highest BCUT2D eigenvalue weighted by Crippen LogP contribution is 2.51. The van der Waals surface area contributed by atoms with Crippen molar-refractivity contribution in [1.82, 2.24) is 0 Å². The first-order valence-electron chi connectivity index (χ1n) is 14.2. The van der Waals surface area contributed by atoms with Crippen LogP contribution in [0.1, 0.15) is 87.3 Å². The zero-order chi connectivity index (χ0) is 28.4. The summed E-state index contributed by atoms with van der Waals surface area (Å²) >= 11 is 0. The van der Waals surface area contributed by atoms with Crippen molar-refractivity contribution >= 4 is 5.97 Å². The predicted molar refractivity (Wildman–Crippen MR) is 152 cm³/mol. The van der Waals surface area contributed by atoms with Crippen LogP contribution >= 0.6 is 0 Å². The molecule has 6 heteroatoms. The molecule has 2 fully saturated rings. The fraction of sp³-hybridized carbons (Fsp3) is 0.441. The van der Waals surface area contributed by atoms with Crippen molar-refractivity contribution in [1.29, 1.82) is 0 Å². The molecule has 2 aliphatic carbocycles. The Bertz CT molecular complexity index is 1380. The van der Waals surface area contributed by atoms with Gasteiger partial charge >= 0.3 is 5.97 Å². The van der Waals surface area contributed by atoms with Crippen molar-refractivity contribution < 1.29 is 28.2 Å². The lowest BCUT2D eigenvalue weighted by Crippen LogP contribution is -2.17. The van der Waals surface area contributed by atoms with Crippen LogP contribution in [-0.2, 0) is 11.4 Å². The van der Waals surface area contributed by atoms with Gasteiger partial charge in [0.25, 0.3) is 0 Å². The highest BCUT2D eigenvalue weighted by Gasteiger charge is 2.37. The highest BCUT2D eigenvalue weighted by molar-refractivity contribution is 5.71. The van der Waals surface area contributed by atoms with Crippen LogP contribution in [0.25, 0.3) is 11.1 Å². The molecule has 40 heavy (non-hydrogen) atoms. The average molecular weight is 549 g/mol. The molecule has 0 aliphatic heterocycles. The molecule has 0 amide bonds. The number of carbonyl (C=O) groups is 1. The maximum Gasteiger partial charge on any atom is 0.303 e. The molecular formula is C34H38F2O4. The summed E-state index contributed by atoms with van der Waals surface area (Å²) in [6, 6.07) is 15.4. The van der Waals surface area contributed by atoms with Crippen LogP contribution in [0, 0.1) is 23.0 Å². The Balaban J connectivity index is 1.44. The van der Waals surface area contributed by atoms with E-state index in [9.17, 15) is 14.3 Å². The van der Waals surface area contributed by atoms with Crippen LogP contribution in [0.15, 0.2) is 54.6 Å². The summed E-state index contributed by atoms with van der Waals surface area (Å²) < 4.78 is 41.2. The van der Waals surface area contributed by atoms with Crippen LogP contribution in [0.4, 0.5) is 8.78 Å². The van der Waals surface area contributed by atoms with E-state index in [4.69, 9.17) is 9.47 Å². The molecule has 0 saturated heterocycles. The number of carboxylic acids is 1. The van der Waals surface area contributed by atoms with Crippen molar-refractivity contribution in [3.8, 4) is 22.6 Å². The Morgan fingerprint density at radius 1 is 1.00 bits per heavy atom. The summed E-state index contributed by atoms with van der Waals surface area (Å²) in [6.45, 7) is 4.75. The van der Waals surface area contributed by atoms with E-state index in [0.29, 0.717) is 28.5 Å². The zero-order valence-corrected chi connectivity index (χ0v) is 23.5. The number of ether oxygens (including phenoxy) is 2. The van der Waals surface area contributed by atoms with E-state index in [-0.39, 0.29) is 36.1 Å². The fourth-order valence-electron chi connectivity index (χ4n) is 6.35. The Morgan fingerprint density at radius 3 is 2.48 bits per heavy atom. The first-order valence-corrected chi connectivity index (χ1v) is 14.2. The normalized spacial score (nSPS) is 18.9. The molecule has 0 aromatic heterocycles. The summed E-state index contributed by atoms with van der Waals surface area (Å²) in [5.74, 6) is -0.0934. The quantitative estimate of drug-likeness (QED) is 0.260. The number of aliphatic carboxylic acids is 1. The van der Waals surface area contributed by atoms with Gasteiger partial charge in [0.15, 0.2) is 0 Å². The minimum Gasteiger partial charge on any atom is -0.497 e. The third-order valence-corrected chi connectivity index (χ3v) is 8.72. The first kappa shape index (κ1) is 28.1. The van der Waals surface area contributed by atoms with E-state index in [1.54, 1.807) is 25.3 Å². The molecule has 3 aromatic rings. The molecule has 212 valence electrons. The number of rotatable bonds is 11. The Morgan fingerprint density at radius 2 is 1.80 bits per heavy atom. The van der Waals surface area contributed by atoms with Crippen molar-refractivity contribution in [3.63, 3.8) is 0 Å². The van der Waals surface area contributed by atoms with Crippen molar-refractivity contribution in [2.24, 2.45) is 11.3 Å². The lowest BCUT2D eigenvalue weighted by molar-refractivity contribution is -0.137. The standard InChI is InChI=1S/C34H38F2O4/c1-34(2)12-4-5-31(34)29-14-22(8-10-28(29)30-19-26(39-3)9-11-32(30)36)20-40-27-16-24(15-25(35)18-27)23(17-33(37)38)13-21-6-7-21/h8-11,14-16,18-19,21,23,31H,4-7,12-13,17,20H2,1-3H3,(H,37,38)/t23-,31+/m1/s1. The second-order valence-electron chi connectivity index (χ2n) is 12.2. The molecule has 0 bridgehead atoms. The topological polar surface area (TPSA) is 55.8 Å². The summed E-state index contributed by atoms with van der Waals surface area (Å²) in [7, 11) is 1.58. The number of hydrogen-bond donors (Lipinski definition) is 1. The van der Waals surface area contributed by atoms with Gasteiger partial charge in [-0.2, -0.15) is 0 Å². The van der Waals surface area contributed by atoms with Crippen LogP contribution < -0.4 is 9.47 Å². The number of carboxylic acid groups (broad SMARTS) is 1. The van der Waals surface area contributed by atoms with Gasteiger partial charge < -0.3 is 14.6 Å². The molecule has 2 saturated carbocycles. The SMILES string of the molecule is COc1ccc(F)c(-c2ccc(COc3cc(F)cc([C@@H](CC(=O)O)CC4CC4)c3)cc2[C@@H]2CCCC2(C)C)c1. The zero-order valence-electron chi connectivity index (χ0n) is 23.5. The van der Waals surface area contributed by atoms with Gasteiger partial charge in [0.1, 0.15) is 29.7 Å². The average Bonchev–Trinajstić information content (AvgIpc) is 3.66. The maximum atomic E-state index is 15.1. The van der Waals surface area contributed by atoms with Crippen LogP contribution in [0.3, 0.4) is 0 Å². The van der Waals surface area contributed by atoms with Crippen molar-refractivity contribution in [2.45, 2.75) is 77.2 Å². The van der Waals surface area contributed by atoms with E-state index in [2.05, 4.69) is 19.9 Å². The minimum absolute atomic E-state index is 0.0256. The maximum absolute atomic E-state index is 15.1. The smallest absolute Gasteiger partial charge is 0.303 e. The predicted octanol–water partition coefficient (Wildman–Crippen LogP) is 8.87. The van der Waals surface area contributed by atoms with Gasteiger partial charge in [0, 0.05) is 11.6 Å². The number of methoxy groups -OCH3 is 1. The third kappa shape index (κ3) is 6.48. The van der Waals surface area contributed by atoms with Gasteiger partial charge in [0.2, 0.25) is 0 Å². The molecule has 0 radical (unpaired) electrons. The molecule has 2 atom stereocenters. The molecule has 1 N–H and O–H groups in total. The number of halogens is 2. The molecule has 2 aliphatic rings. The monoisotopic (exact) mass is 548 g/mol. The molecule has 0 spiro atoms. The molecular weight excluding hydrogens is 510 g/mol. The first-order chi connectivity index (χ1) is 19.1. The molecule has 3 aromatic carbocycles. The lowest BCUT2D eigenvalue weighted by Gasteiger charge is -2.30. The van der Waals surface area contributed by atoms with Gasteiger partial charge in [-0.25, -0.2) is 8.78 Å². The van der Waals surface area contributed by atoms with Crippen LogP contribution in [0.5, 0.6) is 11.5 Å². The Hall–Kier alpha value is -3.41. The highest BCUT2D eigenvalue weighted by atomic mass is 19.1. The summed E-state index contributed by atoms with van der Waals surface area (Å²) in [5.41, 5.74) is 4.10. The number of hydrogen-bond acceptors (Lipinski definition) is 3. The van der Waals surface area contributed by atoms with E-state index >= 15 is 4.39 Å². The lowest BCUT2D eigenvalue weighted by atomic mass is 9.75. The molecule has 5 rings (SSSR count). The van der Waals surface area contributed by atoms with Crippen LogP contribution in [-0.4, -0.2) is 18.2 Å². The Kier molecular flexibility index (Phi) is 8.16. The second kappa shape index (κ2) is 11.6. The second-order valence-corrected chi connectivity index (χ2v) is 12.2. The summed E-state index contributed by atoms with van der Waals surface area (Å²) in [5, 5.41) is 9.42. The van der Waals surface area contributed by atoms with Crippen LogP contribution in [0.2, 0.25) is 0 Å². The fourth-order valence-corrected chi connectivity index (χ4v) is 6.35. The number of benzene rings is 3. The van der Waals surface area contributed by atoms with Gasteiger partial charge in [-0.15, -0.1) is 0 Å². The van der Waals surface area contributed by atoms with E-state index < -0.39 is 11.8 Å². The molecule has 0 heterocycles. The van der Waals surface area contributed by atoms with Gasteiger partial charge in [0.05, 0.1) is 13.5 Å². The molecule has 0 unspecified atom stereocenters. The van der Waals surface area contributed by atoms with E-state index in [1.165, 1.54) is 18.2 Å². The van der Waals surface area contributed by atoms with Gasteiger partial charge in [-0.3, -0.25) is 4.79 Å². The summed E-state index contributed by atoms with van der Waals surface area (Å²) in [6.07, 6.45) is 6.16. The van der Waals surface area contributed by atoms with Crippen molar-refractivity contribution in [3.05, 3.63) is 82.9 Å². The van der Waals surface area contributed by atoms with Gasteiger partial charge in [-0.05, 0) is 95.0 Å². The largest absolute Gasteiger partial charge is 0.497 e.